The Balaban J connectivity index is 1.79. The summed E-state index contributed by atoms with van der Waals surface area (Å²) in [4.78, 5) is 28.4. The Morgan fingerprint density at radius 2 is 1.95 bits per heavy atom. The minimum atomic E-state index is -0.189. The summed E-state index contributed by atoms with van der Waals surface area (Å²) in [5.41, 5.74) is 4.56. The summed E-state index contributed by atoms with van der Waals surface area (Å²) in [5.74, 6) is 0.223. The van der Waals surface area contributed by atoms with Crippen LogP contribution >= 0.6 is 0 Å². The summed E-state index contributed by atoms with van der Waals surface area (Å²) in [6.45, 7) is 0. The molecule has 0 aliphatic carbocycles. The minimum absolute atomic E-state index is 0.109. The van der Waals surface area contributed by atoms with Gasteiger partial charge < -0.3 is 4.84 Å². The van der Waals surface area contributed by atoms with Crippen LogP contribution in [-0.2, 0) is 11.2 Å². The maximum atomic E-state index is 12.1. The molecule has 1 heterocycles. The first kappa shape index (κ1) is 13.1. The topological polar surface area (TPSA) is 55.4 Å². The number of fused-ring (bicyclic) bond motifs is 1. The molecule has 0 fully saturated rings. The van der Waals surface area contributed by atoms with E-state index in [9.17, 15) is 9.59 Å². The number of amides is 1. The van der Waals surface area contributed by atoms with E-state index >= 15 is 0 Å². The van der Waals surface area contributed by atoms with Crippen molar-refractivity contribution in [3.05, 3.63) is 71.3 Å². The first-order valence-electron chi connectivity index (χ1n) is 6.58. The molecular weight excluding hydrogens is 266 g/mol. The fourth-order valence-electron chi connectivity index (χ4n) is 2.10. The van der Waals surface area contributed by atoms with Gasteiger partial charge in [-0.1, -0.05) is 48.5 Å². The summed E-state index contributed by atoms with van der Waals surface area (Å²) < 4.78 is 0. The van der Waals surface area contributed by atoms with Gasteiger partial charge in [-0.15, -0.1) is 0 Å². The van der Waals surface area contributed by atoms with E-state index in [1.54, 1.807) is 24.3 Å². The van der Waals surface area contributed by atoms with Gasteiger partial charge in [0.1, 0.15) is 0 Å². The van der Waals surface area contributed by atoms with Crippen LogP contribution in [0.3, 0.4) is 0 Å². The number of hydrogen-bond acceptors (Lipinski definition) is 3. The van der Waals surface area contributed by atoms with E-state index in [2.05, 4.69) is 5.48 Å². The second-order valence-electron chi connectivity index (χ2n) is 4.73. The number of nitrogens with one attached hydrogen (secondary N) is 1. The molecule has 0 saturated carbocycles. The lowest BCUT2D eigenvalue weighted by atomic mass is 10.0. The molecule has 2 aromatic carbocycles. The van der Waals surface area contributed by atoms with Gasteiger partial charge in [0.05, 0.1) is 6.42 Å². The van der Waals surface area contributed by atoms with Crippen molar-refractivity contribution in [3.8, 4) is 5.75 Å². The van der Waals surface area contributed by atoms with Crippen LogP contribution in [0.25, 0.3) is 6.08 Å². The normalized spacial score (nSPS) is 13.4. The average Bonchev–Trinajstić information content (AvgIpc) is 2.53. The maximum Gasteiger partial charge on any atom is 0.257 e. The Morgan fingerprint density at radius 1 is 1.14 bits per heavy atom. The van der Waals surface area contributed by atoms with Crippen molar-refractivity contribution in [2.45, 2.75) is 6.42 Å². The predicted molar refractivity (Wildman–Crippen MR) is 78.7 cm³/mol. The van der Waals surface area contributed by atoms with Crippen LogP contribution in [0.2, 0.25) is 0 Å². The summed E-state index contributed by atoms with van der Waals surface area (Å²) in [6.07, 6.45) is 3.56. The number of carbonyl (C=O) groups is 2. The zero-order chi connectivity index (χ0) is 14.7. The second kappa shape index (κ2) is 5.63. The van der Waals surface area contributed by atoms with Gasteiger partial charge in [0, 0.05) is 11.1 Å². The third-order valence-electron chi connectivity index (χ3n) is 3.20. The maximum absolute atomic E-state index is 12.1. The lowest BCUT2D eigenvalue weighted by molar-refractivity contribution is -0.128. The molecule has 1 aliphatic heterocycles. The summed E-state index contributed by atoms with van der Waals surface area (Å²) >= 11 is 0. The standard InChI is InChI=1S/C17H13NO3/c19-15(9-6-12-4-2-1-3-5-12)13-7-8-14-11-17(20)18-21-16(14)10-13/h1-10H,11H2,(H,18,20). The van der Waals surface area contributed by atoms with Gasteiger partial charge in [-0.3, -0.25) is 9.59 Å². The molecule has 1 aliphatic rings. The number of carbonyl (C=O) groups excluding carboxylic acids is 2. The molecule has 2 aromatic rings. The predicted octanol–water partition coefficient (Wildman–Crippen LogP) is 2.55. The van der Waals surface area contributed by atoms with Crippen molar-refractivity contribution in [2.24, 2.45) is 0 Å². The van der Waals surface area contributed by atoms with E-state index in [-0.39, 0.29) is 18.1 Å². The quantitative estimate of drug-likeness (QED) is 0.694. The highest BCUT2D eigenvalue weighted by atomic mass is 16.7. The van der Waals surface area contributed by atoms with Gasteiger partial charge in [-0.2, -0.15) is 5.48 Å². The molecule has 104 valence electrons. The lowest BCUT2D eigenvalue weighted by Gasteiger charge is -2.16. The molecule has 0 bridgehead atoms. The first-order valence-corrected chi connectivity index (χ1v) is 6.58. The highest BCUT2D eigenvalue weighted by Gasteiger charge is 2.17. The Kier molecular flexibility index (Phi) is 3.51. The number of ketones is 1. The zero-order valence-electron chi connectivity index (χ0n) is 11.2. The molecule has 1 amide bonds. The van der Waals surface area contributed by atoms with Crippen LogP contribution in [-0.4, -0.2) is 11.7 Å². The van der Waals surface area contributed by atoms with Gasteiger partial charge in [-0.25, -0.2) is 0 Å². The van der Waals surface area contributed by atoms with Crippen LogP contribution in [0.1, 0.15) is 21.5 Å². The third kappa shape index (κ3) is 3.00. The minimum Gasteiger partial charge on any atom is -0.379 e. The molecule has 3 rings (SSSR count). The van der Waals surface area contributed by atoms with Crippen molar-refractivity contribution in [2.75, 3.05) is 0 Å². The number of rotatable bonds is 3. The molecule has 1 N–H and O–H groups in total. The van der Waals surface area contributed by atoms with Crippen LogP contribution < -0.4 is 10.3 Å². The SMILES string of the molecule is O=C1Cc2ccc(C(=O)C=Cc3ccccc3)cc2ON1. The Morgan fingerprint density at radius 3 is 2.76 bits per heavy atom. The third-order valence-corrected chi connectivity index (χ3v) is 3.20. The highest BCUT2D eigenvalue weighted by Crippen LogP contribution is 2.23. The Labute approximate surface area is 122 Å². The summed E-state index contributed by atoms with van der Waals surface area (Å²) in [6, 6.07) is 14.7. The van der Waals surface area contributed by atoms with Gasteiger partial charge >= 0.3 is 0 Å². The Hall–Kier alpha value is -2.88. The molecule has 0 saturated heterocycles. The van der Waals surface area contributed by atoms with E-state index in [1.165, 1.54) is 6.08 Å². The van der Waals surface area contributed by atoms with Gasteiger partial charge in [0.2, 0.25) is 0 Å². The van der Waals surface area contributed by atoms with Crippen LogP contribution in [0.4, 0.5) is 0 Å². The molecule has 0 radical (unpaired) electrons. The van der Waals surface area contributed by atoms with Crippen LogP contribution in [0.15, 0.2) is 54.6 Å². The fourth-order valence-corrected chi connectivity index (χ4v) is 2.10. The number of benzene rings is 2. The van der Waals surface area contributed by atoms with Gasteiger partial charge in [0.25, 0.3) is 5.91 Å². The number of allylic oxidation sites excluding steroid dienone is 1. The van der Waals surface area contributed by atoms with E-state index in [0.717, 1.165) is 11.1 Å². The summed E-state index contributed by atoms with van der Waals surface area (Å²) in [7, 11) is 0. The van der Waals surface area contributed by atoms with Crippen LogP contribution in [0.5, 0.6) is 5.75 Å². The molecule has 21 heavy (non-hydrogen) atoms. The first-order chi connectivity index (χ1) is 10.2. The fraction of sp³-hybridized carbons (Fsp3) is 0.0588. The van der Waals surface area contributed by atoms with E-state index in [0.29, 0.717) is 11.3 Å². The van der Waals surface area contributed by atoms with Crippen molar-refractivity contribution in [3.63, 3.8) is 0 Å². The van der Waals surface area contributed by atoms with Crippen molar-refractivity contribution in [1.82, 2.24) is 5.48 Å². The smallest absolute Gasteiger partial charge is 0.257 e. The average molecular weight is 279 g/mol. The van der Waals surface area contributed by atoms with Gasteiger partial charge in [-0.05, 0) is 17.7 Å². The van der Waals surface area contributed by atoms with E-state index < -0.39 is 0 Å². The monoisotopic (exact) mass is 279 g/mol. The van der Waals surface area contributed by atoms with Crippen molar-refractivity contribution < 1.29 is 14.4 Å². The largest absolute Gasteiger partial charge is 0.379 e. The summed E-state index contributed by atoms with van der Waals surface area (Å²) in [5, 5.41) is 0. The molecule has 0 aromatic heterocycles. The zero-order valence-corrected chi connectivity index (χ0v) is 11.2. The van der Waals surface area contributed by atoms with E-state index in [4.69, 9.17) is 4.84 Å². The number of hydrogen-bond donors (Lipinski definition) is 1. The molecule has 0 spiro atoms. The number of hydroxylamine groups is 1. The lowest BCUT2D eigenvalue weighted by Crippen LogP contribution is -2.33. The molecule has 4 nitrogen and oxygen atoms in total. The second-order valence-corrected chi connectivity index (χ2v) is 4.73. The van der Waals surface area contributed by atoms with Gasteiger partial charge in [0.15, 0.2) is 11.5 Å². The van der Waals surface area contributed by atoms with E-state index in [1.807, 2.05) is 30.3 Å². The van der Waals surface area contributed by atoms with Crippen molar-refractivity contribution in [1.29, 1.82) is 0 Å². The highest BCUT2D eigenvalue weighted by molar-refractivity contribution is 6.07. The molecule has 4 heteroatoms. The molecular formula is C17H13NO3. The van der Waals surface area contributed by atoms with Crippen molar-refractivity contribution >= 4 is 17.8 Å². The molecule has 0 atom stereocenters. The van der Waals surface area contributed by atoms with Crippen LogP contribution in [0, 0.1) is 0 Å². The molecule has 0 unspecified atom stereocenters. The Bertz CT molecular complexity index is 720.